The largest absolute Gasteiger partial charge is 0.488 e. The SMILES string of the molecule is CCc1cc(OCCO)c(F)c([C@H](Nc2ccc(C(=N)N)cc2)c2nn(-c3ncccn3)c(=O)[nH]2)c1. The number of ether oxygens (including phenoxy) is 1. The number of nitrogens with two attached hydrogens (primary N) is 1. The Morgan fingerprint density at radius 3 is 2.64 bits per heavy atom. The van der Waals surface area contributed by atoms with Gasteiger partial charge in [-0.25, -0.2) is 19.2 Å². The third-order valence-corrected chi connectivity index (χ3v) is 5.35. The number of aromatic amines is 1. The van der Waals surface area contributed by atoms with E-state index >= 15 is 4.39 Å². The number of benzene rings is 2. The van der Waals surface area contributed by atoms with Crippen molar-refractivity contribution in [3.8, 4) is 11.7 Å². The van der Waals surface area contributed by atoms with Crippen molar-refractivity contribution in [2.45, 2.75) is 19.4 Å². The number of rotatable bonds is 10. The van der Waals surface area contributed by atoms with E-state index in [0.717, 1.165) is 10.2 Å². The van der Waals surface area contributed by atoms with Crippen LogP contribution in [0.25, 0.3) is 5.95 Å². The lowest BCUT2D eigenvalue weighted by molar-refractivity contribution is 0.196. The highest BCUT2D eigenvalue weighted by atomic mass is 19.1. The summed E-state index contributed by atoms with van der Waals surface area (Å²) in [5.41, 5.74) is 6.99. The number of hydrogen-bond acceptors (Lipinski definition) is 8. The van der Waals surface area contributed by atoms with Crippen molar-refractivity contribution in [1.29, 1.82) is 5.41 Å². The minimum Gasteiger partial charge on any atom is -0.488 e. The van der Waals surface area contributed by atoms with Gasteiger partial charge in [-0.05, 0) is 48.4 Å². The summed E-state index contributed by atoms with van der Waals surface area (Å²) in [6, 6.07) is 10.6. The molecule has 4 rings (SSSR count). The molecular weight excluding hydrogens is 467 g/mol. The summed E-state index contributed by atoms with van der Waals surface area (Å²) in [5, 5.41) is 24.3. The normalized spacial score (nSPS) is 11.8. The van der Waals surface area contributed by atoms with Gasteiger partial charge in [0, 0.05) is 29.2 Å². The molecule has 11 nitrogen and oxygen atoms in total. The van der Waals surface area contributed by atoms with Gasteiger partial charge in [0.05, 0.1) is 6.61 Å². The number of hydrogen-bond donors (Lipinski definition) is 5. The number of aryl methyl sites for hydroxylation is 1. The first-order valence-electron chi connectivity index (χ1n) is 11.1. The minimum absolute atomic E-state index is 0.0229. The van der Waals surface area contributed by atoms with Crippen molar-refractivity contribution in [1.82, 2.24) is 24.7 Å². The van der Waals surface area contributed by atoms with E-state index in [-0.39, 0.29) is 42.1 Å². The Hall–Kier alpha value is -4.58. The molecule has 36 heavy (non-hydrogen) atoms. The maximum absolute atomic E-state index is 15.7. The molecular formula is C24H25FN8O3. The molecule has 6 N–H and O–H groups in total. The third-order valence-electron chi connectivity index (χ3n) is 5.35. The van der Waals surface area contributed by atoms with Crippen molar-refractivity contribution >= 4 is 11.5 Å². The number of nitrogens with zero attached hydrogens (tertiary/aromatic N) is 4. The minimum atomic E-state index is -0.950. The monoisotopic (exact) mass is 492 g/mol. The van der Waals surface area contributed by atoms with Gasteiger partial charge in [0.25, 0.3) is 5.95 Å². The fourth-order valence-corrected chi connectivity index (χ4v) is 3.57. The second-order valence-corrected chi connectivity index (χ2v) is 7.77. The third kappa shape index (κ3) is 5.23. The molecule has 0 radical (unpaired) electrons. The summed E-state index contributed by atoms with van der Waals surface area (Å²) < 4.78 is 22.1. The van der Waals surface area contributed by atoms with Crippen LogP contribution in [0.3, 0.4) is 0 Å². The van der Waals surface area contributed by atoms with E-state index < -0.39 is 17.5 Å². The Bertz CT molecular complexity index is 1400. The number of anilines is 1. The fraction of sp³-hybridized carbons (Fsp3) is 0.208. The van der Waals surface area contributed by atoms with Gasteiger partial charge in [-0.3, -0.25) is 10.4 Å². The molecule has 0 aliphatic heterocycles. The summed E-state index contributed by atoms with van der Waals surface area (Å²) in [4.78, 5) is 23.5. The van der Waals surface area contributed by atoms with Gasteiger partial charge in [0.15, 0.2) is 17.4 Å². The Morgan fingerprint density at radius 1 is 1.28 bits per heavy atom. The smallest absolute Gasteiger partial charge is 0.350 e. The molecule has 0 spiro atoms. The van der Waals surface area contributed by atoms with E-state index in [2.05, 4.69) is 25.4 Å². The van der Waals surface area contributed by atoms with Gasteiger partial charge < -0.3 is 20.9 Å². The van der Waals surface area contributed by atoms with Gasteiger partial charge in [-0.15, -0.1) is 9.78 Å². The second kappa shape index (κ2) is 10.8. The van der Waals surface area contributed by atoms with E-state index in [1.165, 1.54) is 12.4 Å². The first kappa shape index (κ1) is 24.5. The van der Waals surface area contributed by atoms with Crippen LogP contribution in [0.4, 0.5) is 10.1 Å². The highest BCUT2D eigenvalue weighted by molar-refractivity contribution is 5.95. The number of aliphatic hydroxyl groups excluding tert-OH is 1. The molecule has 0 saturated carbocycles. The van der Waals surface area contributed by atoms with Gasteiger partial charge in [-0.2, -0.15) is 0 Å². The molecule has 4 aromatic rings. The molecule has 0 saturated heterocycles. The van der Waals surface area contributed by atoms with Crippen LogP contribution in [-0.2, 0) is 6.42 Å². The van der Waals surface area contributed by atoms with Crippen molar-refractivity contribution < 1.29 is 14.2 Å². The molecule has 2 aromatic carbocycles. The van der Waals surface area contributed by atoms with Crippen LogP contribution in [-0.4, -0.2) is 48.9 Å². The highest BCUT2D eigenvalue weighted by Gasteiger charge is 2.26. The molecule has 0 aliphatic carbocycles. The summed E-state index contributed by atoms with van der Waals surface area (Å²) in [6.45, 7) is 1.56. The van der Waals surface area contributed by atoms with Gasteiger partial charge >= 0.3 is 5.69 Å². The quantitative estimate of drug-likeness (QED) is 0.165. The van der Waals surface area contributed by atoms with Crippen LogP contribution in [0, 0.1) is 11.2 Å². The van der Waals surface area contributed by atoms with E-state index in [9.17, 15) is 4.79 Å². The van der Waals surface area contributed by atoms with Crippen LogP contribution in [0.2, 0.25) is 0 Å². The number of amidine groups is 1. The molecule has 2 aromatic heterocycles. The molecule has 12 heteroatoms. The first-order valence-corrected chi connectivity index (χ1v) is 11.1. The van der Waals surface area contributed by atoms with Crippen molar-refractivity contribution in [2.24, 2.45) is 5.73 Å². The van der Waals surface area contributed by atoms with Gasteiger partial charge in [0.1, 0.15) is 18.5 Å². The summed E-state index contributed by atoms with van der Waals surface area (Å²) in [5.74, 6) is -0.598. The Kier molecular flexibility index (Phi) is 7.35. The summed E-state index contributed by atoms with van der Waals surface area (Å²) >= 11 is 0. The Balaban J connectivity index is 1.84. The number of aliphatic hydroxyl groups is 1. The van der Waals surface area contributed by atoms with Crippen LogP contribution in [0.1, 0.15) is 35.5 Å². The molecule has 0 unspecified atom stereocenters. The summed E-state index contributed by atoms with van der Waals surface area (Å²) in [7, 11) is 0. The Morgan fingerprint density at radius 2 is 2.00 bits per heavy atom. The number of nitrogen functional groups attached to an aromatic ring is 1. The lowest BCUT2D eigenvalue weighted by Crippen LogP contribution is -2.18. The van der Waals surface area contributed by atoms with E-state index in [0.29, 0.717) is 17.7 Å². The van der Waals surface area contributed by atoms with Crippen LogP contribution in [0.5, 0.6) is 5.75 Å². The predicted octanol–water partition coefficient (Wildman–Crippen LogP) is 1.91. The fourth-order valence-electron chi connectivity index (χ4n) is 3.57. The van der Waals surface area contributed by atoms with Gasteiger partial charge in [0.2, 0.25) is 0 Å². The topological polar surface area (TPSA) is 168 Å². The summed E-state index contributed by atoms with van der Waals surface area (Å²) in [6.07, 6.45) is 3.54. The van der Waals surface area contributed by atoms with E-state index in [4.69, 9.17) is 21.0 Å². The standard InChI is InChI=1S/C24H25FN8O3/c1-2-14-12-17(19(25)18(13-14)36-11-10-34)20(30-16-6-4-15(5-7-16)21(26)27)22-31-24(35)33(32-22)23-28-8-3-9-29-23/h3-9,12-13,20,30,34H,2,10-11H2,1H3,(H3,26,27)(H,31,32,35)/t20-/m0/s1. The van der Waals surface area contributed by atoms with Crippen LogP contribution >= 0.6 is 0 Å². The predicted molar refractivity (Wildman–Crippen MR) is 131 cm³/mol. The number of nitrogens with one attached hydrogen (secondary N) is 3. The number of H-pyrrole nitrogens is 1. The van der Waals surface area contributed by atoms with E-state index in [1.807, 2.05) is 6.92 Å². The Labute approximate surface area is 205 Å². The molecule has 1 atom stereocenters. The maximum atomic E-state index is 15.7. The lowest BCUT2D eigenvalue weighted by atomic mass is 10.00. The van der Waals surface area contributed by atoms with Crippen LogP contribution in [0.15, 0.2) is 59.7 Å². The zero-order valence-corrected chi connectivity index (χ0v) is 19.4. The van der Waals surface area contributed by atoms with Crippen molar-refractivity contribution in [3.05, 3.63) is 93.7 Å². The average Bonchev–Trinajstić information content (AvgIpc) is 3.28. The molecule has 2 heterocycles. The average molecular weight is 493 g/mol. The highest BCUT2D eigenvalue weighted by Crippen LogP contribution is 2.32. The molecule has 186 valence electrons. The van der Waals surface area contributed by atoms with Crippen LogP contribution < -0.4 is 21.5 Å². The lowest BCUT2D eigenvalue weighted by Gasteiger charge is -2.21. The molecule has 0 amide bonds. The maximum Gasteiger partial charge on any atom is 0.350 e. The van der Waals surface area contributed by atoms with Crippen molar-refractivity contribution in [2.75, 3.05) is 18.5 Å². The zero-order valence-electron chi connectivity index (χ0n) is 19.4. The number of halogens is 1. The molecule has 0 aliphatic rings. The van der Waals surface area contributed by atoms with E-state index in [1.54, 1.807) is 42.5 Å². The zero-order chi connectivity index (χ0) is 25.7. The first-order chi connectivity index (χ1) is 17.4. The van der Waals surface area contributed by atoms with Crippen molar-refractivity contribution in [3.63, 3.8) is 0 Å². The van der Waals surface area contributed by atoms with Gasteiger partial charge in [-0.1, -0.05) is 13.0 Å². The second-order valence-electron chi connectivity index (χ2n) is 7.77. The number of aromatic nitrogens is 5. The molecule has 0 fully saturated rings. The molecule has 0 bridgehead atoms.